The second-order valence-corrected chi connectivity index (χ2v) is 8.06. The number of rotatable bonds is 7. The summed E-state index contributed by atoms with van der Waals surface area (Å²) in [5.74, 6) is 0. The molecule has 1 aliphatic heterocycles. The number of halogens is 1. The zero-order chi connectivity index (χ0) is 17.7. The van der Waals surface area contributed by atoms with Gasteiger partial charge in [0.1, 0.15) is 0 Å². The Bertz CT molecular complexity index is 689. The van der Waals surface area contributed by atoms with E-state index in [1.54, 1.807) is 0 Å². The van der Waals surface area contributed by atoms with Crippen molar-refractivity contribution in [2.24, 2.45) is 0 Å². The molecule has 0 unspecified atom stereocenters. The van der Waals surface area contributed by atoms with E-state index in [0.717, 1.165) is 31.4 Å². The smallest absolute Gasteiger partial charge is 0.289 e. The topological polar surface area (TPSA) is 89.8 Å². The van der Waals surface area contributed by atoms with Gasteiger partial charge in [0.05, 0.1) is 11.0 Å². The van der Waals surface area contributed by atoms with Gasteiger partial charge in [-0.3, -0.25) is 10.1 Å². The molecule has 0 radical (unpaired) electrons. The molecule has 134 valence electrons. The van der Waals surface area contributed by atoms with E-state index in [1.165, 1.54) is 10.4 Å². The lowest BCUT2D eigenvalue weighted by molar-refractivity contribution is -0.387. The van der Waals surface area contributed by atoms with Crippen molar-refractivity contribution in [1.82, 2.24) is 4.31 Å². The highest BCUT2D eigenvalue weighted by atomic mass is 35.5. The predicted molar refractivity (Wildman–Crippen MR) is 90.7 cm³/mol. The summed E-state index contributed by atoms with van der Waals surface area (Å²) in [7, 11) is -4.03. The summed E-state index contributed by atoms with van der Waals surface area (Å²) in [6.45, 7) is 2.93. The molecular weight excluding hydrogens is 356 g/mol. The minimum atomic E-state index is -4.03. The molecule has 2 rings (SSSR count). The van der Waals surface area contributed by atoms with Crippen LogP contribution in [0.4, 0.5) is 5.69 Å². The maximum atomic E-state index is 13.0. The van der Waals surface area contributed by atoms with Crippen LogP contribution in [0.25, 0.3) is 0 Å². The number of ether oxygens (including phenoxy) is 1. The Kier molecular flexibility index (Phi) is 6.56. The second kappa shape index (κ2) is 8.24. The third kappa shape index (κ3) is 4.44. The van der Waals surface area contributed by atoms with Gasteiger partial charge in [-0.1, -0.05) is 18.5 Å². The molecule has 0 amide bonds. The molecule has 1 atom stereocenters. The molecule has 1 aromatic carbocycles. The number of benzene rings is 1. The average Bonchev–Trinajstić information content (AvgIpc) is 2.55. The third-order valence-electron chi connectivity index (χ3n) is 3.89. The summed E-state index contributed by atoms with van der Waals surface area (Å²) < 4.78 is 32.8. The molecule has 7 nitrogen and oxygen atoms in total. The Labute approximate surface area is 146 Å². The van der Waals surface area contributed by atoms with Crippen LogP contribution < -0.4 is 0 Å². The number of hydrogen-bond donors (Lipinski definition) is 0. The first kappa shape index (κ1) is 19.1. The Morgan fingerprint density at radius 3 is 2.75 bits per heavy atom. The van der Waals surface area contributed by atoms with Crippen molar-refractivity contribution in [2.75, 3.05) is 19.7 Å². The highest BCUT2D eigenvalue weighted by molar-refractivity contribution is 7.89. The lowest BCUT2D eigenvalue weighted by Gasteiger charge is -2.29. The summed E-state index contributed by atoms with van der Waals surface area (Å²) in [5, 5.41) is 11.3. The minimum Gasteiger partial charge on any atom is -0.377 e. The van der Waals surface area contributed by atoms with Crippen LogP contribution in [-0.4, -0.2) is 43.4 Å². The fraction of sp³-hybridized carbons (Fsp3) is 0.600. The zero-order valence-electron chi connectivity index (χ0n) is 13.5. The molecule has 9 heteroatoms. The first-order valence-electron chi connectivity index (χ1n) is 7.92. The normalized spacial score (nSPS) is 18.7. The van der Waals surface area contributed by atoms with E-state index in [1.807, 2.05) is 6.92 Å². The number of nitro groups is 1. The van der Waals surface area contributed by atoms with E-state index >= 15 is 0 Å². The molecule has 0 N–H and O–H groups in total. The van der Waals surface area contributed by atoms with Gasteiger partial charge in [-0.2, -0.15) is 4.31 Å². The fourth-order valence-electron chi connectivity index (χ4n) is 2.72. The molecule has 0 aromatic heterocycles. The fourth-order valence-corrected chi connectivity index (χ4v) is 4.71. The van der Waals surface area contributed by atoms with Crippen LogP contribution in [0.1, 0.15) is 32.6 Å². The van der Waals surface area contributed by atoms with Crippen LogP contribution in [0.5, 0.6) is 0 Å². The largest absolute Gasteiger partial charge is 0.377 e. The van der Waals surface area contributed by atoms with Crippen LogP contribution in [-0.2, 0) is 14.8 Å². The van der Waals surface area contributed by atoms with Crippen molar-refractivity contribution < 1.29 is 18.1 Å². The first-order valence-corrected chi connectivity index (χ1v) is 9.73. The van der Waals surface area contributed by atoms with Gasteiger partial charge in [0.15, 0.2) is 4.90 Å². The van der Waals surface area contributed by atoms with E-state index < -0.39 is 20.6 Å². The first-order chi connectivity index (χ1) is 11.4. The summed E-state index contributed by atoms with van der Waals surface area (Å²) in [5.41, 5.74) is -0.468. The molecule has 1 heterocycles. The van der Waals surface area contributed by atoms with Crippen LogP contribution >= 0.6 is 11.6 Å². The van der Waals surface area contributed by atoms with Crippen molar-refractivity contribution in [3.8, 4) is 0 Å². The average molecular weight is 377 g/mol. The van der Waals surface area contributed by atoms with E-state index in [2.05, 4.69) is 0 Å². The number of nitro benzene ring substituents is 1. The van der Waals surface area contributed by atoms with Gasteiger partial charge in [-0.05, 0) is 37.8 Å². The Balaban J connectivity index is 2.37. The predicted octanol–water partition coefficient (Wildman–Crippen LogP) is 3.22. The summed E-state index contributed by atoms with van der Waals surface area (Å²) in [6, 6.07) is 3.57. The van der Waals surface area contributed by atoms with E-state index in [-0.39, 0.29) is 29.1 Å². The third-order valence-corrected chi connectivity index (χ3v) is 6.02. The van der Waals surface area contributed by atoms with Gasteiger partial charge in [-0.25, -0.2) is 8.42 Å². The van der Waals surface area contributed by atoms with E-state index in [9.17, 15) is 18.5 Å². The maximum absolute atomic E-state index is 13.0. The van der Waals surface area contributed by atoms with Gasteiger partial charge in [0, 0.05) is 30.8 Å². The molecule has 0 saturated carbocycles. The molecule has 1 fully saturated rings. The number of hydrogen-bond acceptors (Lipinski definition) is 5. The Hall–Kier alpha value is -1.22. The molecule has 24 heavy (non-hydrogen) atoms. The molecule has 1 saturated heterocycles. The SMILES string of the molecule is CCCN(C[C@H]1CCCCO1)S(=O)(=O)c1cc(Cl)ccc1[N+](=O)[O-]. The molecule has 0 spiro atoms. The molecular formula is C15H21ClN2O5S. The lowest BCUT2D eigenvalue weighted by Crippen LogP contribution is -2.40. The van der Waals surface area contributed by atoms with Gasteiger partial charge < -0.3 is 4.74 Å². The van der Waals surface area contributed by atoms with Crippen molar-refractivity contribution in [3.05, 3.63) is 33.3 Å². The highest BCUT2D eigenvalue weighted by Gasteiger charge is 2.33. The molecule has 1 aromatic rings. The van der Waals surface area contributed by atoms with E-state index in [4.69, 9.17) is 16.3 Å². The molecule has 0 bridgehead atoms. The zero-order valence-corrected chi connectivity index (χ0v) is 15.1. The summed E-state index contributed by atoms with van der Waals surface area (Å²) >= 11 is 5.87. The standard InChI is InChI=1S/C15H21ClN2O5S/c1-2-8-17(11-13-5-3-4-9-23-13)24(21,22)15-10-12(16)6-7-14(15)18(19)20/h6-7,10,13H,2-5,8-9,11H2,1H3/t13-/m1/s1. The number of nitrogens with zero attached hydrogens (tertiary/aromatic N) is 2. The van der Waals surface area contributed by atoms with Gasteiger partial charge in [0.25, 0.3) is 5.69 Å². The van der Waals surface area contributed by atoms with Gasteiger partial charge >= 0.3 is 0 Å². The molecule has 1 aliphatic rings. The van der Waals surface area contributed by atoms with Crippen LogP contribution in [0.15, 0.2) is 23.1 Å². The number of sulfonamides is 1. The molecule has 0 aliphatic carbocycles. The highest BCUT2D eigenvalue weighted by Crippen LogP contribution is 2.30. The Morgan fingerprint density at radius 1 is 1.42 bits per heavy atom. The van der Waals surface area contributed by atoms with Crippen LogP contribution in [0, 0.1) is 10.1 Å². The Morgan fingerprint density at radius 2 is 2.17 bits per heavy atom. The van der Waals surface area contributed by atoms with Crippen molar-refractivity contribution in [2.45, 2.75) is 43.6 Å². The quantitative estimate of drug-likeness (QED) is 0.538. The summed E-state index contributed by atoms with van der Waals surface area (Å²) in [4.78, 5) is 10.1. The van der Waals surface area contributed by atoms with Crippen molar-refractivity contribution in [3.63, 3.8) is 0 Å². The van der Waals surface area contributed by atoms with Crippen molar-refractivity contribution in [1.29, 1.82) is 0 Å². The van der Waals surface area contributed by atoms with Gasteiger partial charge in [-0.15, -0.1) is 0 Å². The minimum absolute atomic E-state index is 0.143. The maximum Gasteiger partial charge on any atom is 0.289 e. The second-order valence-electron chi connectivity index (χ2n) is 5.72. The van der Waals surface area contributed by atoms with Gasteiger partial charge in [0.2, 0.25) is 10.0 Å². The van der Waals surface area contributed by atoms with Crippen LogP contribution in [0.3, 0.4) is 0 Å². The lowest BCUT2D eigenvalue weighted by atomic mass is 10.1. The monoisotopic (exact) mass is 376 g/mol. The summed E-state index contributed by atoms with van der Waals surface area (Å²) in [6.07, 6.45) is 3.16. The van der Waals surface area contributed by atoms with Crippen molar-refractivity contribution >= 4 is 27.3 Å². The van der Waals surface area contributed by atoms with Crippen LogP contribution in [0.2, 0.25) is 5.02 Å². The van der Waals surface area contributed by atoms with E-state index in [0.29, 0.717) is 13.0 Å².